The molecule has 1 saturated heterocycles. The van der Waals surface area contributed by atoms with Crippen LogP contribution in [-0.4, -0.2) is 36.9 Å². The summed E-state index contributed by atoms with van der Waals surface area (Å²) in [4.78, 5) is 18.7. The molecule has 2 heterocycles. The molecule has 0 aliphatic carbocycles. The summed E-state index contributed by atoms with van der Waals surface area (Å²) < 4.78 is 0. The van der Waals surface area contributed by atoms with Gasteiger partial charge in [0.2, 0.25) is 0 Å². The minimum Gasteiger partial charge on any atom is -0.369 e. The standard InChI is InChI=1S/C14H21N3O/c1-14(2,3)13(18)12-10-11(4-5-16-12)17-8-6-15-7-9-17/h4-5,10,15H,6-9H2,1-3H3. The second-order valence-electron chi connectivity index (χ2n) is 5.72. The first-order chi connectivity index (χ1) is 8.48. The van der Waals surface area contributed by atoms with Crippen molar-refractivity contribution in [2.24, 2.45) is 5.41 Å². The summed E-state index contributed by atoms with van der Waals surface area (Å²) in [6, 6.07) is 3.89. The fraction of sp³-hybridized carbons (Fsp3) is 0.571. The van der Waals surface area contributed by atoms with Crippen molar-refractivity contribution in [1.82, 2.24) is 10.3 Å². The third-order valence-corrected chi connectivity index (χ3v) is 3.14. The molecule has 1 fully saturated rings. The molecule has 0 unspecified atom stereocenters. The number of aromatic nitrogens is 1. The van der Waals surface area contributed by atoms with Gasteiger partial charge in [-0.2, -0.15) is 0 Å². The highest BCUT2D eigenvalue weighted by atomic mass is 16.1. The number of nitrogens with zero attached hydrogens (tertiary/aromatic N) is 2. The normalized spacial score (nSPS) is 16.7. The Kier molecular flexibility index (Phi) is 3.66. The van der Waals surface area contributed by atoms with Gasteiger partial charge in [-0.05, 0) is 12.1 Å². The SMILES string of the molecule is CC(C)(C)C(=O)c1cc(N2CCNCC2)ccn1. The Morgan fingerprint density at radius 3 is 2.61 bits per heavy atom. The van der Waals surface area contributed by atoms with Gasteiger partial charge in [0, 0.05) is 43.5 Å². The quantitative estimate of drug-likeness (QED) is 0.808. The van der Waals surface area contributed by atoms with Gasteiger partial charge in [-0.3, -0.25) is 9.78 Å². The molecule has 0 saturated carbocycles. The van der Waals surface area contributed by atoms with E-state index in [9.17, 15) is 4.79 Å². The van der Waals surface area contributed by atoms with Gasteiger partial charge in [-0.1, -0.05) is 20.8 Å². The van der Waals surface area contributed by atoms with Crippen molar-refractivity contribution >= 4 is 11.5 Å². The van der Waals surface area contributed by atoms with Gasteiger partial charge < -0.3 is 10.2 Å². The first-order valence-electron chi connectivity index (χ1n) is 6.45. The summed E-state index contributed by atoms with van der Waals surface area (Å²) >= 11 is 0. The molecule has 4 nitrogen and oxygen atoms in total. The zero-order valence-corrected chi connectivity index (χ0v) is 11.4. The van der Waals surface area contributed by atoms with Crippen LogP contribution in [0.5, 0.6) is 0 Å². The van der Waals surface area contributed by atoms with Crippen molar-refractivity contribution in [3.05, 3.63) is 24.0 Å². The number of ketones is 1. The van der Waals surface area contributed by atoms with Crippen LogP contribution in [0.15, 0.2) is 18.3 Å². The zero-order chi connectivity index (χ0) is 13.2. The minimum absolute atomic E-state index is 0.0967. The van der Waals surface area contributed by atoms with Crippen LogP contribution in [0.1, 0.15) is 31.3 Å². The zero-order valence-electron chi connectivity index (χ0n) is 11.4. The maximum absolute atomic E-state index is 12.2. The number of carbonyl (C=O) groups is 1. The third kappa shape index (κ3) is 2.88. The van der Waals surface area contributed by atoms with E-state index >= 15 is 0 Å². The highest BCUT2D eigenvalue weighted by molar-refractivity contribution is 5.98. The van der Waals surface area contributed by atoms with Gasteiger partial charge >= 0.3 is 0 Å². The second-order valence-corrected chi connectivity index (χ2v) is 5.72. The third-order valence-electron chi connectivity index (χ3n) is 3.14. The summed E-state index contributed by atoms with van der Waals surface area (Å²) in [6.07, 6.45) is 1.73. The van der Waals surface area contributed by atoms with Crippen molar-refractivity contribution in [3.63, 3.8) is 0 Å². The molecule has 0 radical (unpaired) electrons. The Bertz CT molecular complexity index is 431. The van der Waals surface area contributed by atoms with Gasteiger partial charge in [-0.15, -0.1) is 0 Å². The highest BCUT2D eigenvalue weighted by Gasteiger charge is 2.24. The van der Waals surface area contributed by atoms with Crippen LogP contribution in [0.4, 0.5) is 5.69 Å². The molecule has 0 bridgehead atoms. The molecule has 0 amide bonds. The van der Waals surface area contributed by atoms with E-state index in [0.717, 1.165) is 31.9 Å². The van der Waals surface area contributed by atoms with E-state index in [2.05, 4.69) is 15.2 Å². The smallest absolute Gasteiger partial charge is 0.186 e. The van der Waals surface area contributed by atoms with Crippen LogP contribution in [0.2, 0.25) is 0 Å². The summed E-state index contributed by atoms with van der Waals surface area (Å²) in [5, 5.41) is 3.32. The monoisotopic (exact) mass is 247 g/mol. The lowest BCUT2D eigenvalue weighted by Crippen LogP contribution is -2.43. The topological polar surface area (TPSA) is 45.2 Å². The van der Waals surface area contributed by atoms with Crippen molar-refractivity contribution in [2.45, 2.75) is 20.8 Å². The Hall–Kier alpha value is -1.42. The molecular formula is C14H21N3O. The van der Waals surface area contributed by atoms with Crippen molar-refractivity contribution < 1.29 is 4.79 Å². The van der Waals surface area contributed by atoms with Crippen molar-refractivity contribution in [3.8, 4) is 0 Å². The fourth-order valence-corrected chi connectivity index (χ4v) is 2.05. The van der Waals surface area contributed by atoms with Crippen LogP contribution in [0, 0.1) is 5.41 Å². The average Bonchev–Trinajstić information content (AvgIpc) is 2.38. The van der Waals surface area contributed by atoms with Gasteiger partial charge in [0.05, 0.1) is 0 Å². The molecular weight excluding hydrogens is 226 g/mol. The van der Waals surface area contributed by atoms with Crippen LogP contribution < -0.4 is 10.2 Å². The van der Waals surface area contributed by atoms with Crippen LogP contribution in [0.25, 0.3) is 0 Å². The number of anilines is 1. The van der Waals surface area contributed by atoms with E-state index in [1.807, 2.05) is 32.9 Å². The molecule has 18 heavy (non-hydrogen) atoms. The van der Waals surface area contributed by atoms with Crippen LogP contribution >= 0.6 is 0 Å². The van der Waals surface area contributed by atoms with E-state index in [-0.39, 0.29) is 11.2 Å². The summed E-state index contributed by atoms with van der Waals surface area (Å²) in [5.41, 5.74) is 1.28. The lowest BCUT2D eigenvalue weighted by Gasteiger charge is -2.29. The van der Waals surface area contributed by atoms with E-state index < -0.39 is 0 Å². The van der Waals surface area contributed by atoms with E-state index in [0.29, 0.717) is 5.69 Å². The Morgan fingerprint density at radius 1 is 1.33 bits per heavy atom. The number of hydrogen-bond acceptors (Lipinski definition) is 4. The molecule has 1 aromatic rings. The Balaban J connectivity index is 2.22. The number of hydrogen-bond donors (Lipinski definition) is 1. The lowest BCUT2D eigenvalue weighted by atomic mass is 9.88. The molecule has 4 heteroatoms. The number of rotatable bonds is 2. The van der Waals surface area contributed by atoms with Gasteiger partial charge in [-0.25, -0.2) is 0 Å². The van der Waals surface area contributed by atoms with E-state index in [1.54, 1.807) is 6.20 Å². The molecule has 1 N–H and O–H groups in total. The molecule has 0 aromatic carbocycles. The van der Waals surface area contributed by atoms with Crippen molar-refractivity contribution in [1.29, 1.82) is 0 Å². The van der Waals surface area contributed by atoms with Crippen LogP contribution in [-0.2, 0) is 0 Å². The van der Waals surface area contributed by atoms with Crippen LogP contribution in [0.3, 0.4) is 0 Å². The Morgan fingerprint density at radius 2 is 2.00 bits per heavy atom. The number of pyridine rings is 1. The summed E-state index contributed by atoms with van der Waals surface area (Å²) in [6.45, 7) is 9.72. The second kappa shape index (κ2) is 5.06. The first kappa shape index (κ1) is 13.0. The molecule has 1 aliphatic heterocycles. The molecule has 0 atom stereocenters. The first-order valence-corrected chi connectivity index (χ1v) is 6.45. The number of piperazine rings is 1. The molecule has 2 rings (SSSR count). The minimum atomic E-state index is -0.380. The maximum atomic E-state index is 12.2. The lowest BCUT2D eigenvalue weighted by molar-refractivity contribution is 0.0853. The molecule has 0 spiro atoms. The van der Waals surface area contributed by atoms with Gasteiger partial charge in [0.1, 0.15) is 5.69 Å². The molecule has 98 valence electrons. The predicted molar refractivity (Wildman–Crippen MR) is 73.1 cm³/mol. The highest BCUT2D eigenvalue weighted by Crippen LogP contribution is 2.22. The van der Waals surface area contributed by atoms with E-state index in [4.69, 9.17) is 0 Å². The van der Waals surface area contributed by atoms with Gasteiger partial charge in [0.15, 0.2) is 5.78 Å². The fourth-order valence-electron chi connectivity index (χ4n) is 2.05. The largest absolute Gasteiger partial charge is 0.369 e. The average molecular weight is 247 g/mol. The molecule has 1 aromatic heterocycles. The van der Waals surface area contributed by atoms with Crippen molar-refractivity contribution in [2.75, 3.05) is 31.1 Å². The maximum Gasteiger partial charge on any atom is 0.186 e. The van der Waals surface area contributed by atoms with Gasteiger partial charge in [0.25, 0.3) is 0 Å². The summed E-state index contributed by atoms with van der Waals surface area (Å²) in [5.74, 6) is 0.0967. The van der Waals surface area contributed by atoms with E-state index in [1.165, 1.54) is 0 Å². The Labute approximate surface area is 108 Å². The summed E-state index contributed by atoms with van der Waals surface area (Å²) in [7, 11) is 0. The number of Topliss-reactive ketones (excluding diaryl/α,β-unsaturated/α-hetero) is 1. The predicted octanol–water partition coefficient (Wildman–Crippen LogP) is 1.72. The number of nitrogens with one attached hydrogen (secondary N) is 1. The number of carbonyl (C=O) groups excluding carboxylic acids is 1. The molecule has 1 aliphatic rings.